The van der Waals surface area contributed by atoms with Gasteiger partial charge in [-0.1, -0.05) is 0 Å². The molecule has 1 aliphatic heterocycles. The normalized spacial score (nSPS) is 20.6. The smallest absolute Gasteiger partial charge is 0.0702 e. The molecule has 4 heteroatoms. The number of thiophene rings is 1. The molecule has 1 fully saturated rings. The first-order chi connectivity index (χ1) is 8.69. The van der Waals surface area contributed by atoms with Crippen LogP contribution >= 0.6 is 11.3 Å². The van der Waals surface area contributed by atoms with Gasteiger partial charge in [0.2, 0.25) is 0 Å². The fourth-order valence-corrected chi connectivity index (χ4v) is 3.43. The summed E-state index contributed by atoms with van der Waals surface area (Å²) in [7, 11) is 2.18. The number of aryl methyl sites for hydroxylation is 1. The molecule has 0 radical (unpaired) electrons. The lowest BCUT2D eigenvalue weighted by atomic mass is 10.1. The summed E-state index contributed by atoms with van der Waals surface area (Å²) in [6, 6.07) is 2.25. The maximum atomic E-state index is 5.78. The lowest BCUT2D eigenvalue weighted by molar-refractivity contribution is -0.00259. The molecule has 1 unspecified atom stereocenters. The Bertz CT molecular complexity index is 372. The number of nitrogens with two attached hydrogens (primary N) is 1. The molecule has 0 aromatic carbocycles. The predicted octanol–water partition coefficient (Wildman–Crippen LogP) is 2.52. The van der Waals surface area contributed by atoms with Crippen molar-refractivity contribution in [3.8, 4) is 0 Å². The molecule has 18 heavy (non-hydrogen) atoms. The summed E-state index contributed by atoms with van der Waals surface area (Å²) < 4.78 is 5.78. The van der Waals surface area contributed by atoms with Crippen molar-refractivity contribution in [3.63, 3.8) is 0 Å². The Kier molecular flexibility index (Phi) is 5.18. The largest absolute Gasteiger partial charge is 0.377 e. The van der Waals surface area contributed by atoms with Crippen LogP contribution in [0.2, 0.25) is 0 Å². The third kappa shape index (κ3) is 3.79. The predicted molar refractivity (Wildman–Crippen MR) is 76.9 cm³/mol. The summed E-state index contributed by atoms with van der Waals surface area (Å²) in [5.41, 5.74) is 7.10. The Morgan fingerprint density at radius 3 is 2.94 bits per heavy atom. The summed E-state index contributed by atoms with van der Waals surface area (Å²) in [6.07, 6.45) is 4.18. The Labute approximate surface area is 114 Å². The van der Waals surface area contributed by atoms with Gasteiger partial charge in [0.1, 0.15) is 0 Å². The van der Waals surface area contributed by atoms with Crippen LogP contribution in [0.1, 0.15) is 34.6 Å². The molecule has 2 N–H and O–H groups in total. The standard InChI is InChI=1S/C14H24N2OS/c1-11-12(7-14(8-15)18-11)9-16(2)10-13-5-3-4-6-17-13/h7,13H,3-6,8-10,15H2,1-2H3. The summed E-state index contributed by atoms with van der Waals surface area (Å²) in [6.45, 7) is 5.81. The highest BCUT2D eigenvalue weighted by Gasteiger charge is 2.16. The molecule has 1 aromatic rings. The molecule has 0 bridgehead atoms. The first-order valence-corrected chi connectivity index (χ1v) is 7.59. The van der Waals surface area contributed by atoms with Gasteiger partial charge in [0.15, 0.2) is 0 Å². The fourth-order valence-electron chi connectivity index (χ4n) is 2.50. The number of ether oxygens (including phenoxy) is 1. The number of rotatable bonds is 5. The van der Waals surface area contributed by atoms with E-state index in [0.717, 1.165) is 19.7 Å². The maximum absolute atomic E-state index is 5.78. The van der Waals surface area contributed by atoms with Crippen molar-refractivity contribution in [1.29, 1.82) is 0 Å². The van der Waals surface area contributed by atoms with Crippen LogP contribution in [0.5, 0.6) is 0 Å². The van der Waals surface area contributed by atoms with Crippen molar-refractivity contribution in [2.24, 2.45) is 5.73 Å². The fraction of sp³-hybridized carbons (Fsp3) is 0.714. The van der Waals surface area contributed by atoms with Crippen LogP contribution in [0.3, 0.4) is 0 Å². The highest BCUT2D eigenvalue weighted by molar-refractivity contribution is 7.12. The van der Waals surface area contributed by atoms with E-state index in [9.17, 15) is 0 Å². The van der Waals surface area contributed by atoms with Gasteiger partial charge >= 0.3 is 0 Å². The van der Waals surface area contributed by atoms with Gasteiger partial charge in [-0.05, 0) is 44.9 Å². The minimum atomic E-state index is 0.427. The van der Waals surface area contributed by atoms with E-state index in [1.807, 2.05) is 11.3 Å². The zero-order valence-corrected chi connectivity index (χ0v) is 12.3. The van der Waals surface area contributed by atoms with Gasteiger partial charge in [-0.15, -0.1) is 11.3 Å². The second-order valence-corrected chi connectivity index (χ2v) is 6.52. The lowest BCUT2D eigenvalue weighted by Gasteiger charge is -2.27. The molecule has 1 aromatic heterocycles. The average Bonchev–Trinajstić information content (AvgIpc) is 2.71. The quantitative estimate of drug-likeness (QED) is 0.892. The Morgan fingerprint density at radius 1 is 1.50 bits per heavy atom. The zero-order valence-electron chi connectivity index (χ0n) is 11.4. The highest BCUT2D eigenvalue weighted by Crippen LogP contribution is 2.23. The molecule has 0 saturated carbocycles. The number of likely N-dealkylation sites (N-methyl/N-ethyl adjacent to an activating group) is 1. The summed E-state index contributed by atoms with van der Waals surface area (Å²) in [5, 5.41) is 0. The summed E-state index contributed by atoms with van der Waals surface area (Å²) in [4.78, 5) is 5.04. The van der Waals surface area contributed by atoms with Crippen molar-refractivity contribution >= 4 is 11.3 Å². The minimum absolute atomic E-state index is 0.427. The molecular formula is C14H24N2OS. The van der Waals surface area contributed by atoms with Crippen LogP contribution in [-0.4, -0.2) is 31.2 Å². The van der Waals surface area contributed by atoms with Gasteiger partial charge in [-0.2, -0.15) is 0 Å². The Morgan fingerprint density at radius 2 is 2.33 bits per heavy atom. The summed E-state index contributed by atoms with van der Waals surface area (Å²) >= 11 is 1.82. The molecule has 0 amide bonds. The van der Waals surface area contributed by atoms with Gasteiger partial charge in [-0.25, -0.2) is 0 Å². The van der Waals surface area contributed by atoms with Crippen molar-refractivity contribution in [2.45, 2.75) is 45.4 Å². The molecular weight excluding hydrogens is 244 g/mol. The molecule has 2 rings (SSSR count). The first-order valence-electron chi connectivity index (χ1n) is 6.77. The first kappa shape index (κ1) is 14.0. The topological polar surface area (TPSA) is 38.5 Å². The van der Waals surface area contributed by atoms with E-state index in [1.54, 1.807) is 0 Å². The van der Waals surface area contributed by atoms with Gasteiger partial charge < -0.3 is 10.5 Å². The molecule has 1 aliphatic rings. The van der Waals surface area contributed by atoms with Crippen LogP contribution in [0, 0.1) is 6.92 Å². The molecule has 1 saturated heterocycles. The van der Waals surface area contributed by atoms with Crippen LogP contribution in [0.15, 0.2) is 6.07 Å². The van der Waals surface area contributed by atoms with E-state index in [1.165, 1.54) is 34.6 Å². The molecule has 0 spiro atoms. The van der Waals surface area contributed by atoms with Crippen LogP contribution in [-0.2, 0) is 17.8 Å². The van der Waals surface area contributed by atoms with Gasteiger partial charge in [0, 0.05) is 36.0 Å². The van der Waals surface area contributed by atoms with Crippen LogP contribution in [0.4, 0.5) is 0 Å². The monoisotopic (exact) mass is 268 g/mol. The van der Waals surface area contributed by atoms with Crippen molar-refractivity contribution in [2.75, 3.05) is 20.2 Å². The molecule has 1 atom stereocenters. The van der Waals surface area contributed by atoms with E-state index in [-0.39, 0.29) is 0 Å². The van der Waals surface area contributed by atoms with Crippen molar-refractivity contribution in [1.82, 2.24) is 4.90 Å². The van der Waals surface area contributed by atoms with Gasteiger partial charge in [-0.3, -0.25) is 4.90 Å². The average molecular weight is 268 g/mol. The van der Waals surface area contributed by atoms with E-state index in [4.69, 9.17) is 10.5 Å². The van der Waals surface area contributed by atoms with E-state index in [0.29, 0.717) is 12.6 Å². The molecule has 0 aliphatic carbocycles. The third-order valence-corrected chi connectivity index (χ3v) is 4.62. The molecule has 2 heterocycles. The van der Waals surface area contributed by atoms with E-state index in [2.05, 4.69) is 24.9 Å². The van der Waals surface area contributed by atoms with Gasteiger partial charge in [0.25, 0.3) is 0 Å². The second kappa shape index (κ2) is 6.66. The van der Waals surface area contributed by atoms with Crippen LogP contribution < -0.4 is 5.73 Å². The minimum Gasteiger partial charge on any atom is -0.377 e. The van der Waals surface area contributed by atoms with Crippen molar-refractivity contribution in [3.05, 3.63) is 21.4 Å². The third-order valence-electron chi connectivity index (χ3n) is 3.50. The second-order valence-electron chi connectivity index (χ2n) is 5.18. The van der Waals surface area contributed by atoms with Crippen LogP contribution in [0.25, 0.3) is 0 Å². The summed E-state index contributed by atoms with van der Waals surface area (Å²) in [5.74, 6) is 0. The van der Waals surface area contributed by atoms with Crippen molar-refractivity contribution < 1.29 is 4.74 Å². The van der Waals surface area contributed by atoms with Gasteiger partial charge in [0.05, 0.1) is 6.10 Å². The Balaban J connectivity index is 1.85. The molecule has 3 nitrogen and oxygen atoms in total. The number of hydrogen-bond acceptors (Lipinski definition) is 4. The van der Waals surface area contributed by atoms with E-state index < -0.39 is 0 Å². The maximum Gasteiger partial charge on any atom is 0.0702 e. The highest BCUT2D eigenvalue weighted by atomic mass is 32.1. The number of hydrogen-bond donors (Lipinski definition) is 1. The zero-order chi connectivity index (χ0) is 13.0. The SMILES string of the molecule is Cc1sc(CN)cc1CN(C)CC1CCCCO1. The Hall–Kier alpha value is -0.420. The number of nitrogens with zero attached hydrogens (tertiary/aromatic N) is 1. The molecule has 102 valence electrons. The van der Waals surface area contributed by atoms with E-state index >= 15 is 0 Å². The lowest BCUT2D eigenvalue weighted by Crippen LogP contribution is -2.33.